The first-order valence-electron chi connectivity index (χ1n) is 5.02. The van der Waals surface area contributed by atoms with Gasteiger partial charge in [-0.25, -0.2) is 9.79 Å². The van der Waals surface area contributed by atoms with Crippen LogP contribution >= 0.6 is 11.6 Å². The van der Waals surface area contributed by atoms with Crippen LogP contribution in [0.3, 0.4) is 0 Å². The molecule has 88 valence electrons. The summed E-state index contributed by atoms with van der Waals surface area (Å²) in [4.78, 5) is 27.3. The topological polar surface area (TPSA) is 55.7 Å². The summed E-state index contributed by atoms with van der Waals surface area (Å²) in [6.45, 7) is 1.81. The summed E-state index contributed by atoms with van der Waals surface area (Å²) < 4.78 is 4.56. The lowest BCUT2D eigenvalue weighted by molar-refractivity contribution is -0.132. The third kappa shape index (κ3) is 2.08. The Morgan fingerprint density at radius 2 is 2.18 bits per heavy atom. The van der Waals surface area contributed by atoms with Crippen molar-refractivity contribution in [3.8, 4) is 0 Å². The number of carbonyl (C=O) groups excluding carboxylic acids is 2. The number of hydrogen-bond acceptors (Lipinski definition) is 4. The Morgan fingerprint density at radius 3 is 2.82 bits per heavy atom. The summed E-state index contributed by atoms with van der Waals surface area (Å²) in [5.74, 6) is -0.742. The first-order valence-corrected chi connectivity index (χ1v) is 5.40. The molecule has 1 aromatic carbocycles. The Bertz CT molecular complexity index is 549. The molecule has 0 aromatic heterocycles. The van der Waals surface area contributed by atoms with Crippen LogP contribution in [-0.2, 0) is 9.53 Å². The van der Waals surface area contributed by atoms with E-state index in [2.05, 4.69) is 9.73 Å². The molecule has 4 nitrogen and oxygen atoms in total. The van der Waals surface area contributed by atoms with Gasteiger partial charge in [-0.2, -0.15) is 0 Å². The molecule has 0 saturated carbocycles. The number of ether oxygens (including phenoxy) is 1. The zero-order valence-electron chi connectivity index (χ0n) is 9.41. The van der Waals surface area contributed by atoms with Crippen molar-refractivity contribution in [3.05, 3.63) is 28.3 Å². The van der Waals surface area contributed by atoms with E-state index < -0.39 is 5.97 Å². The van der Waals surface area contributed by atoms with E-state index in [1.807, 2.05) is 6.92 Å². The number of nitrogens with zero attached hydrogens (tertiary/aromatic N) is 1. The molecule has 17 heavy (non-hydrogen) atoms. The number of aliphatic imine (C=N–C) groups is 1. The number of rotatable bonds is 1. The van der Waals surface area contributed by atoms with Crippen LogP contribution in [0.25, 0.3) is 0 Å². The maximum Gasteiger partial charge on any atom is 0.352 e. The van der Waals surface area contributed by atoms with E-state index in [4.69, 9.17) is 11.6 Å². The summed E-state index contributed by atoms with van der Waals surface area (Å²) in [5, 5.41) is 0.522. The Hall–Kier alpha value is -1.68. The van der Waals surface area contributed by atoms with Crippen molar-refractivity contribution in [1.29, 1.82) is 0 Å². The minimum Gasteiger partial charge on any atom is -0.465 e. The number of Topliss-reactive ketones (excluding diaryl/α,β-unsaturated/α-hetero) is 1. The maximum atomic E-state index is 11.8. The molecule has 0 unspecified atom stereocenters. The van der Waals surface area contributed by atoms with Crippen LogP contribution in [0.15, 0.2) is 17.1 Å². The molecule has 0 fully saturated rings. The quantitative estimate of drug-likeness (QED) is 0.721. The number of esters is 1. The van der Waals surface area contributed by atoms with Crippen LogP contribution in [0.2, 0.25) is 5.02 Å². The second-order valence-electron chi connectivity index (χ2n) is 3.77. The monoisotopic (exact) mass is 251 g/mol. The van der Waals surface area contributed by atoms with Gasteiger partial charge in [0.2, 0.25) is 0 Å². The van der Waals surface area contributed by atoms with Crippen molar-refractivity contribution in [2.45, 2.75) is 13.3 Å². The third-order valence-electron chi connectivity index (χ3n) is 2.58. The smallest absolute Gasteiger partial charge is 0.352 e. The summed E-state index contributed by atoms with van der Waals surface area (Å²) in [6, 6.07) is 3.28. The van der Waals surface area contributed by atoms with Crippen molar-refractivity contribution >= 4 is 34.8 Å². The summed E-state index contributed by atoms with van der Waals surface area (Å²) in [6.07, 6.45) is -0.0426. The van der Waals surface area contributed by atoms with E-state index in [0.29, 0.717) is 16.3 Å². The van der Waals surface area contributed by atoms with E-state index >= 15 is 0 Å². The predicted molar refractivity (Wildman–Crippen MR) is 64.2 cm³/mol. The molecule has 0 bridgehead atoms. The lowest BCUT2D eigenvalue weighted by Crippen LogP contribution is -2.22. The molecule has 0 spiro atoms. The zero-order valence-corrected chi connectivity index (χ0v) is 10.2. The number of halogens is 1. The Kier molecular flexibility index (Phi) is 2.98. The fourth-order valence-corrected chi connectivity index (χ4v) is 1.81. The Labute approximate surface area is 103 Å². The lowest BCUT2D eigenvalue weighted by atomic mass is 9.98. The fourth-order valence-electron chi connectivity index (χ4n) is 1.65. The highest BCUT2D eigenvalue weighted by atomic mass is 35.5. The highest BCUT2D eigenvalue weighted by molar-refractivity contribution is 6.43. The first-order chi connectivity index (χ1) is 8.02. The predicted octanol–water partition coefficient (Wildman–Crippen LogP) is 2.48. The molecule has 0 atom stereocenters. The molecular weight excluding hydrogens is 242 g/mol. The number of fused-ring (bicyclic) bond motifs is 1. The maximum absolute atomic E-state index is 11.8. The highest BCUT2D eigenvalue weighted by Gasteiger charge is 2.25. The number of benzene rings is 1. The molecule has 2 rings (SSSR count). The first kappa shape index (κ1) is 11.8. The molecule has 0 N–H and O–H groups in total. The fraction of sp³-hybridized carbons (Fsp3) is 0.250. The lowest BCUT2D eigenvalue weighted by Gasteiger charge is -2.14. The van der Waals surface area contributed by atoms with Crippen molar-refractivity contribution in [2.75, 3.05) is 7.11 Å². The average Bonchev–Trinajstić information content (AvgIpc) is 2.30. The molecule has 0 saturated heterocycles. The molecule has 5 heteroatoms. The van der Waals surface area contributed by atoms with Crippen molar-refractivity contribution in [1.82, 2.24) is 0 Å². The van der Waals surface area contributed by atoms with Crippen LogP contribution in [0.5, 0.6) is 0 Å². The van der Waals surface area contributed by atoms with Crippen LogP contribution < -0.4 is 0 Å². The van der Waals surface area contributed by atoms with Gasteiger partial charge in [-0.15, -0.1) is 0 Å². The van der Waals surface area contributed by atoms with Gasteiger partial charge in [0.25, 0.3) is 0 Å². The van der Waals surface area contributed by atoms with E-state index in [9.17, 15) is 9.59 Å². The molecule has 0 aliphatic carbocycles. The highest BCUT2D eigenvalue weighted by Crippen LogP contribution is 2.31. The van der Waals surface area contributed by atoms with Crippen LogP contribution in [-0.4, -0.2) is 24.6 Å². The van der Waals surface area contributed by atoms with Crippen molar-refractivity contribution < 1.29 is 14.3 Å². The summed E-state index contributed by atoms with van der Waals surface area (Å²) in [7, 11) is 1.26. The molecular formula is C12H10ClNO3. The Morgan fingerprint density at radius 1 is 1.47 bits per heavy atom. The molecule has 1 heterocycles. The van der Waals surface area contributed by atoms with Gasteiger partial charge in [-0.1, -0.05) is 11.6 Å². The normalized spacial score (nSPS) is 14.1. The van der Waals surface area contributed by atoms with Crippen molar-refractivity contribution in [2.24, 2.45) is 4.99 Å². The van der Waals surface area contributed by atoms with Crippen LogP contribution in [0.4, 0.5) is 5.69 Å². The number of aryl methyl sites for hydroxylation is 1. The second kappa shape index (κ2) is 4.30. The van der Waals surface area contributed by atoms with Gasteiger partial charge >= 0.3 is 5.97 Å². The Balaban J connectivity index is 2.55. The number of ketones is 1. The van der Waals surface area contributed by atoms with E-state index in [1.165, 1.54) is 7.11 Å². The summed E-state index contributed by atoms with van der Waals surface area (Å²) >= 11 is 5.94. The van der Waals surface area contributed by atoms with Crippen LogP contribution in [0.1, 0.15) is 22.3 Å². The van der Waals surface area contributed by atoms with Gasteiger partial charge in [-0.05, 0) is 24.6 Å². The van der Waals surface area contributed by atoms with Crippen LogP contribution in [0, 0.1) is 6.92 Å². The number of hydrogen-bond donors (Lipinski definition) is 0. The minimum absolute atomic E-state index is 0.0426. The van der Waals surface area contributed by atoms with Gasteiger partial charge in [0.05, 0.1) is 19.2 Å². The third-order valence-corrected chi connectivity index (χ3v) is 2.99. The minimum atomic E-state index is -0.573. The van der Waals surface area contributed by atoms with Gasteiger partial charge in [-0.3, -0.25) is 4.79 Å². The van der Waals surface area contributed by atoms with E-state index in [1.54, 1.807) is 12.1 Å². The molecule has 1 aromatic rings. The van der Waals surface area contributed by atoms with E-state index in [-0.39, 0.29) is 17.9 Å². The second-order valence-corrected chi connectivity index (χ2v) is 4.18. The van der Waals surface area contributed by atoms with Gasteiger partial charge in [0.15, 0.2) is 5.78 Å². The van der Waals surface area contributed by atoms with Gasteiger partial charge in [0, 0.05) is 10.6 Å². The van der Waals surface area contributed by atoms with Crippen molar-refractivity contribution in [3.63, 3.8) is 0 Å². The number of carbonyl (C=O) groups is 2. The van der Waals surface area contributed by atoms with Gasteiger partial charge < -0.3 is 4.74 Å². The zero-order chi connectivity index (χ0) is 12.6. The molecule has 0 amide bonds. The van der Waals surface area contributed by atoms with E-state index in [0.717, 1.165) is 5.56 Å². The number of methoxy groups -OCH3 is 1. The standard InChI is InChI=1S/C12H10ClNO3/c1-6-3-9-7(4-8(6)13)11(15)5-10(14-9)12(16)17-2/h3-4H,5H2,1-2H3. The molecule has 1 aliphatic rings. The summed E-state index contributed by atoms with van der Waals surface area (Å²) in [5.41, 5.74) is 1.87. The average molecular weight is 252 g/mol. The SMILES string of the molecule is COC(=O)C1=Nc2cc(C)c(Cl)cc2C(=O)C1. The van der Waals surface area contributed by atoms with Gasteiger partial charge in [0.1, 0.15) is 5.71 Å². The largest absolute Gasteiger partial charge is 0.465 e. The molecule has 0 radical (unpaired) electrons. The molecule has 1 aliphatic heterocycles.